The number of hydrogen-bond donors (Lipinski definition) is 2. The van der Waals surface area contributed by atoms with Crippen molar-refractivity contribution in [3.05, 3.63) is 0 Å². The van der Waals surface area contributed by atoms with Crippen molar-refractivity contribution in [2.45, 2.75) is 57.3 Å². The number of amides is 1. The van der Waals surface area contributed by atoms with E-state index in [1.54, 1.807) is 0 Å². The second-order valence-corrected chi connectivity index (χ2v) is 5.68. The van der Waals surface area contributed by atoms with E-state index in [9.17, 15) is 18.0 Å². The Bertz CT molecular complexity index is 330. The van der Waals surface area contributed by atoms with Gasteiger partial charge >= 0.3 is 6.18 Å². The fraction of sp³-hybridized carbons (Fsp3) is 0.923. The summed E-state index contributed by atoms with van der Waals surface area (Å²) in [6.45, 7) is 3.79. The van der Waals surface area contributed by atoms with Crippen LogP contribution in [0.5, 0.6) is 0 Å². The summed E-state index contributed by atoms with van der Waals surface area (Å²) in [6.07, 6.45) is -3.39. The minimum atomic E-state index is -4.17. The molecule has 0 bridgehead atoms. The monoisotopic (exact) mass is 296 g/mol. The molecule has 1 unspecified atom stereocenters. The number of carbonyl (C=O) groups is 1. The molecule has 1 atom stereocenters. The zero-order chi connectivity index (χ0) is 15.4. The van der Waals surface area contributed by atoms with E-state index in [0.717, 1.165) is 12.8 Å². The molecule has 7 heteroatoms. The van der Waals surface area contributed by atoms with Crippen LogP contribution in [0.2, 0.25) is 0 Å². The Hall–Kier alpha value is -0.820. The van der Waals surface area contributed by atoms with Gasteiger partial charge in [-0.25, -0.2) is 0 Å². The molecule has 1 saturated carbocycles. The summed E-state index contributed by atoms with van der Waals surface area (Å²) in [7, 11) is 0. The van der Waals surface area contributed by atoms with E-state index in [0.29, 0.717) is 0 Å². The van der Waals surface area contributed by atoms with Gasteiger partial charge < -0.3 is 10.5 Å². The van der Waals surface area contributed by atoms with Gasteiger partial charge in [0.1, 0.15) is 5.54 Å². The summed E-state index contributed by atoms with van der Waals surface area (Å²) in [5.74, 6) is -0.380. The van der Waals surface area contributed by atoms with Crippen molar-refractivity contribution in [1.82, 2.24) is 5.32 Å². The molecule has 0 spiro atoms. The number of ether oxygens (including phenoxy) is 1. The molecule has 0 heterocycles. The standard InChI is InChI=1S/C13H23F3N2O2/c1-9(2)18-12(11(17)19,10-4-5-10)8-20-7-3-6-13(14,15)16/h9-10,18H,3-8H2,1-2H3,(H2,17,19). The first kappa shape index (κ1) is 17.2. The average molecular weight is 296 g/mol. The molecule has 1 amide bonds. The normalized spacial score (nSPS) is 19.1. The lowest BCUT2D eigenvalue weighted by Crippen LogP contribution is -2.62. The van der Waals surface area contributed by atoms with Crippen LogP contribution in [0.25, 0.3) is 0 Å². The molecule has 4 nitrogen and oxygen atoms in total. The van der Waals surface area contributed by atoms with Gasteiger partial charge in [-0.2, -0.15) is 13.2 Å². The molecule has 118 valence electrons. The molecule has 1 aliphatic rings. The van der Waals surface area contributed by atoms with Crippen molar-refractivity contribution < 1.29 is 22.7 Å². The Labute approximate surface area is 117 Å². The van der Waals surface area contributed by atoms with Crippen molar-refractivity contribution in [2.75, 3.05) is 13.2 Å². The fourth-order valence-electron chi connectivity index (χ4n) is 2.32. The number of hydrogen-bond acceptors (Lipinski definition) is 3. The number of primary amides is 1. The molecule has 0 aromatic heterocycles. The van der Waals surface area contributed by atoms with Crippen molar-refractivity contribution in [1.29, 1.82) is 0 Å². The molecule has 1 aliphatic carbocycles. The third-order valence-corrected chi connectivity index (χ3v) is 3.34. The van der Waals surface area contributed by atoms with Crippen LogP contribution in [-0.2, 0) is 9.53 Å². The van der Waals surface area contributed by atoms with Crippen LogP contribution in [0.15, 0.2) is 0 Å². The molecule has 20 heavy (non-hydrogen) atoms. The molecule has 1 fully saturated rings. The van der Waals surface area contributed by atoms with Crippen LogP contribution in [0.3, 0.4) is 0 Å². The van der Waals surface area contributed by atoms with Crippen LogP contribution < -0.4 is 11.1 Å². The zero-order valence-corrected chi connectivity index (χ0v) is 11.9. The third kappa shape index (κ3) is 5.28. The lowest BCUT2D eigenvalue weighted by atomic mass is 9.92. The summed E-state index contributed by atoms with van der Waals surface area (Å²) in [5, 5.41) is 3.14. The first-order valence-corrected chi connectivity index (χ1v) is 6.89. The Balaban J connectivity index is 2.47. The van der Waals surface area contributed by atoms with Crippen LogP contribution in [0.4, 0.5) is 13.2 Å². The number of carbonyl (C=O) groups excluding carboxylic acids is 1. The topological polar surface area (TPSA) is 64.3 Å². The van der Waals surface area contributed by atoms with E-state index in [1.807, 2.05) is 13.8 Å². The molecule has 0 aliphatic heterocycles. The highest BCUT2D eigenvalue weighted by molar-refractivity contribution is 5.85. The Morgan fingerprint density at radius 3 is 2.40 bits per heavy atom. The summed E-state index contributed by atoms with van der Waals surface area (Å²) in [5.41, 5.74) is 4.53. The molecule has 0 aromatic carbocycles. The maximum atomic E-state index is 12.0. The van der Waals surface area contributed by atoms with Crippen molar-refractivity contribution in [2.24, 2.45) is 11.7 Å². The summed E-state index contributed by atoms with van der Waals surface area (Å²) >= 11 is 0. The van der Waals surface area contributed by atoms with Crippen molar-refractivity contribution in [3.8, 4) is 0 Å². The quantitative estimate of drug-likeness (QED) is 0.639. The van der Waals surface area contributed by atoms with Gasteiger partial charge in [0.05, 0.1) is 6.61 Å². The van der Waals surface area contributed by atoms with Crippen LogP contribution in [0, 0.1) is 5.92 Å². The lowest BCUT2D eigenvalue weighted by molar-refractivity contribution is -0.140. The largest absolute Gasteiger partial charge is 0.389 e. The molecular formula is C13H23F3N2O2. The number of rotatable bonds is 9. The fourth-order valence-corrected chi connectivity index (χ4v) is 2.32. The second kappa shape index (κ2) is 6.76. The molecule has 0 saturated heterocycles. The number of nitrogens with two attached hydrogens (primary N) is 1. The number of nitrogens with one attached hydrogen (secondary N) is 1. The highest BCUT2D eigenvalue weighted by atomic mass is 19.4. The van der Waals surface area contributed by atoms with Gasteiger partial charge in [0, 0.05) is 19.1 Å². The van der Waals surface area contributed by atoms with E-state index in [-0.39, 0.29) is 31.6 Å². The molecule has 0 aromatic rings. The van der Waals surface area contributed by atoms with Gasteiger partial charge in [-0.05, 0) is 39.0 Å². The predicted octanol–water partition coefficient (Wildman–Crippen LogP) is 1.98. The summed E-state index contributed by atoms with van der Waals surface area (Å²) in [6, 6.07) is 0.0434. The summed E-state index contributed by atoms with van der Waals surface area (Å²) in [4.78, 5) is 11.8. The van der Waals surface area contributed by atoms with Crippen LogP contribution in [0.1, 0.15) is 39.5 Å². The highest BCUT2D eigenvalue weighted by Gasteiger charge is 2.50. The highest BCUT2D eigenvalue weighted by Crippen LogP contribution is 2.40. The van der Waals surface area contributed by atoms with E-state index >= 15 is 0 Å². The molecular weight excluding hydrogens is 273 g/mol. The number of halogens is 3. The smallest absolute Gasteiger partial charge is 0.379 e. The zero-order valence-electron chi connectivity index (χ0n) is 11.9. The molecule has 0 radical (unpaired) electrons. The maximum Gasteiger partial charge on any atom is 0.389 e. The molecule has 1 rings (SSSR count). The van der Waals surface area contributed by atoms with Crippen molar-refractivity contribution >= 4 is 5.91 Å². The van der Waals surface area contributed by atoms with Gasteiger partial charge in [-0.15, -0.1) is 0 Å². The Morgan fingerprint density at radius 1 is 1.40 bits per heavy atom. The van der Waals surface area contributed by atoms with Gasteiger partial charge in [0.15, 0.2) is 0 Å². The van der Waals surface area contributed by atoms with Gasteiger partial charge in [-0.3, -0.25) is 10.1 Å². The van der Waals surface area contributed by atoms with Gasteiger partial charge in [-0.1, -0.05) is 0 Å². The Kier molecular flexibility index (Phi) is 5.82. The van der Waals surface area contributed by atoms with Crippen LogP contribution in [-0.4, -0.2) is 36.9 Å². The first-order valence-electron chi connectivity index (χ1n) is 6.89. The van der Waals surface area contributed by atoms with E-state index in [1.165, 1.54) is 0 Å². The van der Waals surface area contributed by atoms with E-state index < -0.39 is 24.0 Å². The third-order valence-electron chi connectivity index (χ3n) is 3.34. The van der Waals surface area contributed by atoms with Gasteiger partial charge in [0.2, 0.25) is 5.91 Å². The maximum absolute atomic E-state index is 12.0. The van der Waals surface area contributed by atoms with E-state index in [2.05, 4.69) is 5.32 Å². The summed E-state index contributed by atoms with van der Waals surface area (Å²) < 4.78 is 41.3. The van der Waals surface area contributed by atoms with E-state index in [4.69, 9.17) is 10.5 Å². The van der Waals surface area contributed by atoms with Crippen LogP contribution >= 0.6 is 0 Å². The minimum Gasteiger partial charge on any atom is -0.379 e. The number of alkyl halides is 3. The molecule has 3 N–H and O–H groups in total. The average Bonchev–Trinajstić information content (AvgIpc) is 3.08. The van der Waals surface area contributed by atoms with Crippen molar-refractivity contribution in [3.63, 3.8) is 0 Å². The second-order valence-electron chi connectivity index (χ2n) is 5.68. The lowest BCUT2D eigenvalue weighted by Gasteiger charge is -2.33. The predicted molar refractivity (Wildman–Crippen MR) is 69.0 cm³/mol. The SMILES string of the molecule is CC(C)NC(COCCCC(F)(F)F)(C(N)=O)C1CC1. The minimum absolute atomic E-state index is 0.0268. The Morgan fingerprint density at radius 2 is 2.00 bits per heavy atom. The van der Waals surface area contributed by atoms with Gasteiger partial charge in [0.25, 0.3) is 0 Å². The first-order chi connectivity index (χ1) is 9.17.